The lowest BCUT2D eigenvalue weighted by Gasteiger charge is -2.10. The molecule has 0 saturated heterocycles. The average Bonchev–Trinajstić information content (AvgIpc) is 2.26. The van der Waals surface area contributed by atoms with Crippen LogP contribution in [0.1, 0.15) is 13.3 Å². The summed E-state index contributed by atoms with van der Waals surface area (Å²) in [5, 5.41) is 2.42. The largest absolute Gasteiger partial charge is 0.399 e. The number of nitrogens with two attached hydrogens (primary N) is 1. The SMILES string of the molecule is CCNC(=O)CCNS(=O)(=O)c1c(Cl)cc(N)cc1Cl. The fourth-order valence-corrected chi connectivity index (χ4v) is 3.75. The number of sulfonamides is 1. The number of halogens is 2. The molecule has 0 atom stereocenters. The molecule has 0 spiro atoms. The third kappa shape index (κ3) is 4.52. The first-order valence-electron chi connectivity index (χ1n) is 5.78. The Bertz CT molecular complexity index is 582. The van der Waals surface area contributed by atoms with Gasteiger partial charge in [0.1, 0.15) is 4.90 Å². The Kier molecular flexibility index (Phi) is 6.07. The van der Waals surface area contributed by atoms with Crippen LogP contribution in [0.15, 0.2) is 17.0 Å². The highest BCUT2D eigenvalue weighted by molar-refractivity contribution is 7.89. The van der Waals surface area contributed by atoms with Crippen molar-refractivity contribution in [2.75, 3.05) is 18.8 Å². The number of hydrogen-bond acceptors (Lipinski definition) is 4. The van der Waals surface area contributed by atoms with Gasteiger partial charge in [0.05, 0.1) is 10.0 Å². The van der Waals surface area contributed by atoms with Crippen LogP contribution < -0.4 is 15.8 Å². The Hall–Kier alpha value is -1.02. The third-order valence-corrected chi connectivity index (χ3v) is 4.69. The van der Waals surface area contributed by atoms with Gasteiger partial charge in [0.25, 0.3) is 0 Å². The maximum Gasteiger partial charge on any atom is 0.243 e. The molecule has 1 amide bonds. The lowest BCUT2D eigenvalue weighted by atomic mass is 10.3. The molecular formula is C11H15Cl2N3O3S. The molecule has 0 unspecified atom stereocenters. The van der Waals surface area contributed by atoms with Crippen LogP contribution in [0.5, 0.6) is 0 Å². The Labute approximate surface area is 127 Å². The van der Waals surface area contributed by atoms with Gasteiger partial charge < -0.3 is 11.1 Å². The number of benzene rings is 1. The fourth-order valence-electron chi connectivity index (χ4n) is 1.49. The molecule has 20 heavy (non-hydrogen) atoms. The molecule has 0 bridgehead atoms. The Morgan fingerprint density at radius 2 is 1.85 bits per heavy atom. The summed E-state index contributed by atoms with van der Waals surface area (Å²) in [6.07, 6.45) is 0.0251. The van der Waals surface area contributed by atoms with Gasteiger partial charge in [-0.05, 0) is 19.1 Å². The quantitative estimate of drug-likeness (QED) is 0.681. The van der Waals surface area contributed by atoms with Gasteiger partial charge in [-0.3, -0.25) is 4.79 Å². The van der Waals surface area contributed by atoms with Crippen LogP contribution in [0.4, 0.5) is 5.69 Å². The third-order valence-electron chi connectivity index (χ3n) is 2.31. The van der Waals surface area contributed by atoms with Crippen LogP contribution in [0.25, 0.3) is 0 Å². The van der Waals surface area contributed by atoms with Crippen molar-refractivity contribution in [3.8, 4) is 0 Å². The molecule has 1 aromatic carbocycles. The van der Waals surface area contributed by atoms with Crippen molar-refractivity contribution >= 4 is 44.8 Å². The van der Waals surface area contributed by atoms with Gasteiger partial charge >= 0.3 is 0 Å². The number of rotatable bonds is 6. The van der Waals surface area contributed by atoms with E-state index >= 15 is 0 Å². The van der Waals surface area contributed by atoms with Crippen LogP contribution in [0, 0.1) is 0 Å². The molecule has 6 nitrogen and oxygen atoms in total. The van der Waals surface area contributed by atoms with Gasteiger partial charge in [-0.15, -0.1) is 0 Å². The van der Waals surface area contributed by atoms with E-state index in [1.54, 1.807) is 6.92 Å². The monoisotopic (exact) mass is 339 g/mol. The van der Waals surface area contributed by atoms with Crippen molar-refractivity contribution in [1.29, 1.82) is 0 Å². The van der Waals surface area contributed by atoms with E-state index in [1.807, 2.05) is 0 Å². The van der Waals surface area contributed by atoms with Gasteiger partial charge in [-0.25, -0.2) is 13.1 Å². The zero-order chi connectivity index (χ0) is 15.3. The second kappa shape index (κ2) is 7.12. The highest BCUT2D eigenvalue weighted by atomic mass is 35.5. The Morgan fingerprint density at radius 3 is 2.35 bits per heavy atom. The van der Waals surface area contributed by atoms with Crippen LogP contribution >= 0.6 is 23.2 Å². The van der Waals surface area contributed by atoms with Crippen LogP contribution in [-0.4, -0.2) is 27.4 Å². The molecule has 0 saturated carbocycles. The number of amides is 1. The molecule has 0 radical (unpaired) electrons. The highest BCUT2D eigenvalue weighted by Gasteiger charge is 2.22. The van der Waals surface area contributed by atoms with E-state index in [0.717, 1.165) is 0 Å². The van der Waals surface area contributed by atoms with Crippen LogP contribution in [0.2, 0.25) is 10.0 Å². The zero-order valence-corrected chi connectivity index (χ0v) is 13.1. The van der Waals surface area contributed by atoms with Gasteiger partial charge in [-0.2, -0.15) is 0 Å². The summed E-state index contributed by atoms with van der Waals surface area (Å²) >= 11 is 11.7. The lowest BCUT2D eigenvalue weighted by molar-refractivity contribution is -0.120. The predicted molar refractivity (Wildman–Crippen MR) is 79.4 cm³/mol. The molecule has 0 aromatic heterocycles. The van der Waals surface area contributed by atoms with Crippen molar-refractivity contribution in [3.63, 3.8) is 0 Å². The average molecular weight is 340 g/mol. The van der Waals surface area contributed by atoms with Crippen LogP contribution in [0.3, 0.4) is 0 Å². The van der Waals surface area contributed by atoms with E-state index < -0.39 is 10.0 Å². The molecule has 1 rings (SSSR count). The highest BCUT2D eigenvalue weighted by Crippen LogP contribution is 2.31. The maximum atomic E-state index is 12.1. The summed E-state index contributed by atoms with van der Waals surface area (Å²) in [5.74, 6) is -0.246. The van der Waals surface area contributed by atoms with Crippen molar-refractivity contribution in [2.24, 2.45) is 0 Å². The Balaban J connectivity index is 2.82. The molecule has 9 heteroatoms. The van der Waals surface area contributed by atoms with Crippen molar-refractivity contribution in [2.45, 2.75) is 18.2 Å². The summed E-state index contributed by atoms with van der Waals surface area (Å²) in [5.41, 5.74) is 5.77. The normalized spacial score (nSPS) is 11.3. The molecule has 112 valence electrons. The van der Waals surface area contributed by atoms with Crippen molar-refractivity contribution < 1.29 is 13.2 Å². The van der Waals surface area contributed by atoms with E-state index in [1.165, 1.54) is 12.1 Å². The predicted octanol–water partition coefficient (Wildman–Crippen LogP) is 1.38. The molecule has 0 fully saturated rings. The summed E-state index contributed by atoms with van der Waals surface area (Å²) < 4.78 is 26.4. The van der Waals surface area contributed by atoms with Crippen molar-refractivity contribution in [1.82, 2.24) is 10.0 Å². The van der Waals surface area contributed by atoms with E-state index in [2.05, 4.69) is 10.0 Å². The van der Waals surface area contributed by atoms with Gasteiger partial charge in [0, 0.05) is 25.2 Å². The zero-order valence-electron chi connectivity index (χ0n) is 10.7. The van der Waals surface area contributed by atoms with Crippen LogP contribution in [-0.2, 0) is 14.8 Å². The van der Waals surface area contributed by atoms with Gasteiger partial charge in [-0.1, -0.05) is 23.2 Å². The minimum Gasteiger partial charge on any atom is -0.399 e. The number of nitrogens with one attached hydrogen (secondary N) is 2. The molecule has 0 aliphatic heterocycles. The molecular weight excluding hydrogens is 325 g/mol. The topological polar surface area (TPSA) is 101 Å². The summed E-state index contributed by atoms with van der Waals surface area (Å²) in [6, 6.07) is 2.59. The summed E-state index contributed by atoms with van der Waals surface area (Å²) in [4.78, 5) is 11.0. The minimum atomic E-state index is -3.90. The van der Waals surface area contributed by atoms with Gasteiger partial charge in [0.2, 0.25) is 15.9 Å². The minimum absolute atomic E-state index is 0.0251. The number of anilines is 1. The maximum absolute atomic E-state index is 12.1. The van der Waals surface area contributed by atoms with Gasteiger partial charge in [0.15, 0.2) is 0 Å². The first-order chi connectivity index (χ1) is 9.27. The smallest absolute Gasteiger partial charge is 0.243 e. The molecule has 0 aliphatic rings. The molecule has 1 aromatic rings. The fraction of sp³-hybridized carbons (Fsp3) is 0.364. The molecule has 4 N–H and O–H groups in total. The van der Waals surface area contributed by atoms with E-state index in [9.17, 15) is 13.2 Å². The number of carbonyl (C=O) groups is 1. The molecule has 0 heterocycles. The van der Waals surface area contributed by atoms with E-state index in [4.69, 9.17) is 28.9 Å². The standard InChI is InChI=1S/C11H15Cl2N3O3S/c1-2-15-10(17)3-4-16-20(18,19)11-8(12)5-7(14)6-9(11)13/h5-6,16H,2-4,14H2,1H3,(H,15,17). The summed E-state index contributed by atoms with van der Waals surface area (Å²) in [6.45, 7) is 2.21. The first-order valence-corrected chi connectivity index (χ1v) is 8.02. The second-order valence-electron chi connectivity index (χ2n) is 3.91. The number of nitrogen functional groups attached to an aromatic ring is 1. The van der Waals surface area contributed by atoms with E-state index in [-0.39, 0.29) is 39.5 Å². The van der Waals surface area contributed by atoms with E-state index in [0.29, 0.717) is 6.54 Å². The molecule has 0 aliphatic carbocycles. The Morgan fingerprint density at radius 1 is 1.30 bits per heavy atom. The number of carbonyl (C=O) groups excluding carboxylic acids is 1. The lowest BCUT2D eigenvalue weighted by Crippen LogP contribution is -2.31. The second-order valence-corrected chi connectivity index (χ2v) is 6.43. The number of hydrogen-bond donors (Lipinski definition) is 3. The summed E-state index contributed by atoms with van der Waals surface area (Å²) in [7, 11) is -3.90. The van der Waals surface area contributed by atoms with Crippen molar-refractivity contribution in [3.05, 3.63) is 22.2 Å². The first kappa shape index (κ1) is 17.0.